The first-order chi connectivity index (χ1) is 16.1. The van der Waals surface area contributed by atoms with Gasteiger partial charge in [0.05, 0.1) is 32.7 Å². The second-order valence-corrected chi connectivity index (χ2v) is 9.96. The number of nitrogens with zero attached hydrogens (tertiary/aromatic N) is 1. The van der Waals surface area contributed by atoms with Gasteiger partial charge in [0.2, 0.25) is 10.0 Å². The monoisotopic (exact) mass is 482 g/mol. The van der Waals surface area contributed by atoms with Gasteiger partial charge in [0.25, 0.3) is 5.91 Å². The van der Waals surface area contributed by atoms with Crippen LogP contribution in [0.2, 0.25) is 0 Å². The van der Waals surface area contributed by atoms with Gasteiger partial charge >= 0.3 is 0 Å². The highest BCUT2D eigenvalue weighted by molar-refractivity contribution is 7.92. The molecule has 34 heavy (non-hydrogen) atoms. The van der Waals surface area contributed by atoms with Crippen molar-refractivity contribution in [1.29, 1.82) is 0 Å². The normalized spacial score (nSPS) is 11.1. The van der Waals surface area contributed by atoms with Gasteiger partial charge in [-0.2, -0.15) is 0 Å². The summed E-state index contributed by atoms with van der Waals surface area (Å²) in [5.74, 6) is 0.992. The van der Waals surface area contributed by atoms with Crippen molar-refractivity contribution in [2.45, 2.75) is 26.9 Å². The van der Waals surface area contributed by atoms with Crippen molar-refractivity contribution in [1.82, 2.24) is 5.32 Å². The van der Waals surface area contributed by atoms with Gasteiger partial charge in [-0.25, -0.2) is 8.42 Å². The second-order valence-electron chi connectivity index (χ2n) is 8.06. The van der Waals surface area contributed by atoms with E-state index < -0.39 is 10.0 Å². The topological polar surface area (TPSA) is 84.9 Å². The lowest BCUT2D eigenvalue weighted by atomic mass is 10.1. The number of ether oxygens (including phenoxy) is 2. The Morgan fingerprint density at radius 3 is 2.18 bits per heavy atom. The molecule has 1 amide bonds. The number of methoxy groups -OCH3 is 2. The predicted octanol–water partition coefficient (Wildman–Crippen LogP) is 4.22. The Morgan fingerprint density at radius 2 is 1.56 bits per heavy atom. The van der Waals surface area contributed by atoms with Crippen LogP contribution in [0.15, 0.2) is 60.7 Å². The van der Waals surface area contributed by atoms with Crippen LogP contribution in [0.3, 0.4) is 0 Å². The molecule has 0 aliphatic heterocycles. The Labute approximate surface area is 201 Å². The van der Waals surface area contributed by atoms with Gasteiger partial charge in [0.1, 0.15) is 0 Å². The molecule has 0 fully saturated rings. The third kappa shape index (κ3) is 5.88. The van der Waals surface area contributed by atoms with Crippen molar-refractivity contribution >= 4 is 21.6 Å². The standard InChI is InChI=1S/C26H30N2O5S/c1-18-7-6-8-23(19(18)2)28(34(5,30)31)17-20-9-12-22(13-10-20)26(29)27-16-21-11-14-24(32-3)25(15-21)33-4/h6-15H,16-17H2,1-5H3,(H,27,29). The van der Waals surface area contributed by atoms with E-state index >= 15 is 0 Å². The number of aryl methyl sites for hydroxylation is 1. The number of anilines is 1. The smallest absolute Gasteiger partial charge is 0.251 e. The number of carbonyl (C=O) groups is 1. The molecule has 0 radical (unpaired) electrons. The van der Waals surface area contributed by atoms with Gasteiger partial charge in [-0.1, -0.05) is 30.3 Å². The maximum atomic E-state index is 12.6. The molecule has 1 N–H and O–H groups in total. The SMILES string of the molecule is COc1ccc(CNC(=O)c2ccc(CN(c3cccc(C)c3C)S(C)(=O)=O)cc2)cc1OC. The number of carbonyl (C=O) groups excluding carboxylic acids is 1. The average molecular weight is 483 g/mol. The number of nitrogens with one attached hydrogen (secondary N) is 1. The van der Waals surface area contributed by atoms with Crippen molar-refractivity contribution in [2.75, 3.05) is 24.8 Å². The van der Waals surface area contributed by atoms with Crippen molar-refractivity contribution in [3.63, 3.8) is 0 Å². The summed E-state index contributed by atoms with van der Waals surface area (Å²) >= 11 is 0. The van der Waals surface area contributed by atoms with Gasteiger partial charge in [-0.15, -0.1) is 0 Å². The first-order valence-electron chi connectivity index (χ1n) is 10.8. The summed E-state index contributed by atoms with van der Waals surface area (Å²) in [5, 5.41) is 2.89. The molecule has 0 bridgehead atoms. The van der Waals surface area contributed by atoms with Gasteiger partial charge in [0.15, 0.2) is 11.5 Å². The lowest BCUT2D eigenvalue weighted by Crippen LogP contribution is -2.30. The highest BCUT2D eigenvalue weighted by Gasteiger charge is 2.20. The van der Waals surface area contributed by atoms with Crippen LogP contribution in [0.1, 0.15) is 32.6 Å². The summed E-state index contributed by atoms with van der Waals surface area (Å²) in [7, 11) is -0.365. The molecule has 0 spiro atoms. The van der Waals surface area contributed by atoms with E-state index in [1.807, 2.05) is 38.1 Å². The summed E-state index contributed by atoms with van der Waals surface area (Å²) in [6, 6.07) is 18.0. The van der Waals surface area contributed by atoms with E-state index in [-0.39, 0.29) is 12.5 Å². The molecule has 8 heteroatoms. The molecule has 7 nitrogen and oxygen atoms in total. The van der Waals surface area contributed by atoms with Gasteiger partial charge in [0, 0.05) is 12.1 Å². The van der Waals surface area contributed by atoms with Crippen LogP contribution in [0.4, 0.5) is 5.69 Å². The molecule has 0 aliphatic rings. The molecule has 0 atom stereocenters. The molecular formula is C26H30N2O5S. The maximum absolute atomic E-state index is 12.6. The Hall–Kier alpha value is -3.52. The maximum Gasteiger partial charge on any atom is 0.251 e. The zero-order chi connectivity index (χ0) is 24.9. The van der Waals surface area contributed by atoms with Gasteiger partial charge in [-0.3, -0.25) is 9.10 Å². The largest absolute Gasteiger partial charge is 0.493 e. The minimum Gasteiger partial charge on any atom is -0.493 e. The Balaban J connectivity index is 1.71. The Morgan fingerprint density at radius 1 is 0.912 bits per heavy atom. The lowest BCUT2D eigenvalue weighted by Gasteiger charge is -2.25. The van der Waals surface area contributed by atoms with Crippen LogP contribution < -0.4 is 19.1 Å². The first-order valence-corrected chi connectivity index (χ1v) is 12.6. The number of hydrogen-bond donors (Lipinski definition) is 1. The lowest BCUT2D eigenvalue weighted by molar-refractivity contribution is 0.0951. The van der Waals surface area contributed by atoms with E-state index in [2.05, 4.69) is 5.32 Å². The molecule has 0 aromatic heterocycles. The summed E-state index contributed by atoms with van der Waals surface area (Å²) in [6.45, 7) is 4.37. The first kappa shape index (κ1) is 25.1. The highest BCUT2D eigenvalue weighted by atomic mass is 32.2. The van der Waals surface area contributed by atoms with Crippen molar-refractivity contribution in [2.24, 2.45) is 0 Å². The fraction of sp³-hybridized carbons (Fsp3) is 0.269. The molecule has 3 rings (SSSR count). The second kappa shape index (κ2) is 10.6. The molecule has 0 heterocycles. The minimum atomic E-state index is -3.50. The van der Waals surface area contributed by atoms with E-state index in [9.17, 15) is 13.2 Å². The van der Waals surface area contributed by atoms with Gasteiger partial charge in [-0.05, 0) is 66.4 Å². The zero-order valence-electron chi connectivity index (χ0n) is 20.1. The number of sulfonamides is 1. The molecule has 0 saturated carbocycles. The van der Waals surface area contributed by atoms with Crippen molar-refractivity contribution < 1.29 is 22.7 Å². The van der Waals surface area contributed by atoms with Crippen LogP contribution in [0.25, 0.3) is 0 Å². The molecule has 180 valence electrons. The van der Waals surface area contributed by atoms with Crippen LogP contribution >= 0.6 is 0 Å². The van der Waals surface area contributed by atoms with Crippen molar-refractivity contribution in [3.8, 4) is 11.5 Å². The molecule has 0 saturated heterocycles. The van der Waals surface area contributed by atoms with E-state index in [1.165, 1.54) is 10.6 Å². The summed E-state index contributed by atoms with van der Waals surface area (Å²) in [4.78, 5) is 12.6. The summed E-state index contributed by atoms with van der Waals surface area (Å²) in [6.07, 6.45) is 1.20. The van der Waals surface area contributed by atoms with Crippen LogP contribution in [-0.2, 0) is 23.1 Å². The number of benzene rings is 3. The Kier molecular flexibility index (Phi) is 7.83. The molecule has 3 aromatic carbocycles. The average Bonchev–Trinajstić information content (AvgIpc) is 2.82. The zero-order valence-corrected chi connectivity index (χ0v) is 20.9. The van der Waals surface area contributed by atoms with E-state index in [0.29, 0.717) is 29.3 Å². The molecule has 0 unspecified atom stereocenters. The number of hydrogen-bond acceptors (Lipinski definition) is 5. The molecule has 3 aromatic rings. The van der Waals surface area contributed by atoms with Crippen LogP contribution in [0.5, 0.6) is 11.5 Å². The van der Waals surface area contributed by atoms with Gasteiger partial charge < -0.3 is 14.8 Å². The fourth-order valence-corrected chi connectivity index (χ4v) is 4.53. The number of rotatable bonds is 9. The Bertz CT molecular complexity index is 1270. The van der Waals surface area contributed by atoms with E-state index in [0.717, 1.165) is 22.3 Å². The van der Waals surface area contributed by atoms with Crippen LogP contribution in [-0.4, -0.2) is 34.8 Å². The molecule has 0 aliphatic carbocycles. The quantitative estimate of drug-likeness (QED) is 0.494. The third-order valence-corrected chi connectivity index (χ3v) is 6.81. The number of amides is 1. The molecular weight excluding hydrogens is 452 g/mol. The van der Waals surface area contributed by atoms with E-state index in [4.69, 9.17) is 9.47 Å². The summed E-state index contributed by atoms with van der Waals surface area (Å²) in [5.41, 5.74) is 4.73. The van der Waals surface area contributed by atoms with E-state index in [1.54, 1.807) is 50.6 Å². The van der Waals surface area contributed by atoms with Crippen molar-refractivity contribution in [3.05, 3.63) is 88.5 Å². The fourth-order valence-electron chi connectivity index (χ4n) is 3.59. The van der Waals surface area contributed by atoms with Crippen LogP contribution in [0, 0.1) is 13.8 Å². The predicted molar refractivity (Wildman–Crippen MR) is 134 cm³/mol. The highest BCUT2D eigenvalue weighted by Crippen LogP contribution is 2.28. The third-order valence-electron chi connectivity index (χ3n) is 5.69. The summed E-state index contributed by atoms with van der Waals surface area (Å²) < 4.78 is 37.0. The minimum absolute atomic E-state index is 0.177.